The third-order valence-corrected chi connectivity index (χ3v) is 7.31. The summed E-state index contributed by atoms with van der Waals surface area (Å²) in [7, 11) is -2.40. The standard InChI is InChI=1S/C17H31ClO2Si2/c1-21(2,3)14-6-12-19-16-8-10-17(11-9-16)20-13-7-15-22(4,5)18/h8-11H,6-7,12-15H2,1-5H3. The first-order chi connectivity index (χ1) is 10.2. The Balaban J connectivity index is 2.22. The molecule has 0 radical (unpaired) electrons. The highest BCUT2D eigenvalue weighted by Crippen LogP contribution is 2.20. The molecule has 1 rings (SSSR count). The largest absolute Gasteiger partial charge is 0.494 e. The smallest absolute Gasteiger partial charge is 0.150 e. The molecule has 0 N–H and O–H groups in total. The number of rotatable bonds is 10. The Kier molecular flexibility index (Phi) is 8.01. The zero-order valence-corrected chi connectivity index (χ0v) is 17.5. The van der Waals surface area contributed by atoms with E-state index in [9.17, 15) is 0 Å². The summed E-state index contributed by atoms with van der Waals surface area (Å²) in [5.41, 5.74) is 0. The van der Waals surface area contributed by atoms with Crippen molar-refractivity contribution in [3.05, 3.63) is 24.3 Å². The van der Waals surface area contributed by atoms with Crippen molar-refractivity contribution in [3.8, 4) is 11.5 Å². The summed E-state index contributed by atoms with van der Waals surface area (Å²) in [5, 5.41) is 0. The van der Waals surface area contributed by atoms with Gasteiger partial charge in [0, 0.05) is 8.07 Å². The van der Waals surface area contributed by atoms with Crippen LogP contribution in [0.3, 0.4) is 0 Å². The second-order valence-electron chi connectivity index (χ2n) is 7.65. The Morgan fingerprint density at radius 1 is 0.773 bits per heavy atom. The predicted molar refractivity (Wildman–Crippen MR) is 103 cm³/mol. The van der Waals surface area contributed by atoms with Gasteiger partial charge in [-0.2, -0.15) is 11.1 Å². The number of hydrogen-bond donors (Lipinski definition) is 0. The average Bonchev–Trinajstić information content (AvgIpc) is 2.39. The molecule has 5 heteroatoms. The van der Waals surface area contributed by atoms with E-state index >= 15 is 0 Å². The highest BCUT2D eigenvalue weighted by atomic mass is 35.6. The first-order valence-electron chi connectivity index (χ1n) is 8.20. The fraction of sp³-hybridized carbons (Fsp3) is 0.647. The summed E-state index contributed by atoms with van der Waals surface area (Å²) in [6, 6.07) is 10.4. The molecule has 2 nitrogen and oxygen atoms in total. The van der Waals surface area contributed by atoms with E-state index < -0.39 is 15.5 Å². The van der Waals surface area contributed by atoms with E-state index in [1.807, 2.05) is 24.3 Å². The Bertz CT molecular complexity index is 381. The number of benzene rings is 1. The van der Waals surface area contributed by atoms with Gasteiger partial charge in [0.1, 0.15) is 11.5 Å². The van der Waals surface area contributed by atoms with Gasteiger partial charge in [-0.25, -0.2) is 0 Å². The molecule has 1 aromatic carbocycles. The maximum absolute atomic E-state index is 6.29. The summed E-state index contributed by atoms with van der Waals surface area (Å²) in [6.07, 6.45) is 2.17. The molecule has 0 amide bonds. The Labute approximate surface area is 142 Å². The third-order valence-electron chi connectivity index (χ3n) is 3.35. The van der Waals surface area contributed by atoms with Crippen molar-refractivity contribution in [3.63, 3.8) is 0 Å². The highest BCUT2D eigenvalue weighted by Gasteiger charge is 2.15. The molecule has 0 heterocycles. The zero-order chi connectivity index (χ0) is 16.6. The second kappa shape index (κ2) is 8.99. The van der Waals surface area contributed by atoms with Crippen molar-refractivity contribution in [2.75, 3.05) is 13.2 Å². The van der Waals surface area contributed by atoms with Gasteiger partial charge in [0.05, 0.1) is 13.2 Å². The molecule has 0 fully saturated rings. The van der Waals surface area contributed by atoms with Crippen molar-refractivity contribution in [1.29, 1.82) is 0 Å². The lowest BCUT2D eigenvalue weighted by Crippen LogP contribution is -2.19. The molecular formula is C17H31ClO2Si2. The quantitative estimate of drug-likeness (QED) is 0.290. The molecule has 0 aliphatic carbocycles. The van der Waals surface area contributed by atoms with Crippen LogP contribution in [0.5, 0.6) is 11.5 Å². The van der Waals surface area contributed by atoms with Crippen molar-refractivity contribution in [1.82, 2.24) is 0 Å². The summed E-state index contributed by atoms with van der Waals surface area (Å²) < 4.78 is 11.5. The Morgan fingerprint density at radius 3 is 1.55 bits per heavy atom. The van der Waals surface area contributed by atoms with Gasteiger partial charge in [0.25, 0.3) is 0 Å². The van der Waals surface area contributed by atoms with Crippen LogP contribution >= 0.6 is 11.1 Å². The number of hydrogen-bond acceptors (Lipinski definition) is 2. The van der Waals surface area contributed by atoms with Gasteiger partial charge in [0.2, 0.25) is 0 Å². The average molecular weight is 359 g/mol. The van der Waals surface area contributed by atoms with Crippen LogP contribution < -0.4 is 9.47 Å². The molecule has 0 aliphatic heterocycles. The van der Waals surface area contributed by atoms with Crippen molar-refractivity contribution < 1.29 is 9.47 Å². The number of ether oxygens (including phenoxy) is 2. The molecule has 0 aromatic heterocycles. The van der Waals surface area contributed by atoms with Gasteiger partial charge >= 0.3 is 0 Å². The van der Waals surface area contributed by atoms with Gasteiger partial charge in [-0.05, 0) is 43.2 Å². The Hall–Kier alpha value is -0.456. The lowest BCUT2D eigenvalue weighted by atomic mass is 10.3. The van der Waals surface area contributed by atoms with Gasteiger partial charge in [-0.15, -0.1) is 0 Å². The molecule has 0 saturated carbocycles. The van der Waals surface area contributed by atoms with E-state index in [1.165, 1.54) is 6.04 Å². The van der Waals surface area contributed by atoms with Gasteiger partial charge < -0.3 is 9.47 Å². The monoisotopic (exact) mass is 358 g/mol. The molecule has 0 spiro atoms. The van der Waals surface area contributed by atoms with Crippen LogP contribution in [0.4, 0.5) is 0 Å². The van der Waals surface area contributed by atoms with Crippen molar-refractivity contribution in [2.24, 2.45) is 0 Å². The SMILES string of the molecule is C[Si](C)(C)CCCOc1ccc(OCCC[Si](C)(C)Cl)cc1. The van der Waals surface area contributed by atoms with E-state index in [4.69, 9.17) is 20.6 Å². The molecule has 1 aromatic rings. The topological polar surface area (TPSA) is 18.5 Å². The lowest BCUT2D eigenvalue weighted by Gasteiger charge is -2.15. The van der Waals surface area contributed by atoms with Crippen LogP contribution in [0.25, 0.3) is 0 Å². The van der Waals surface area contributed by atoms with Crippen LogP contribution in [0, 0.1) is 0 Å². The van der Waals surface area contributed by atoms with Gasteiger partial charge in [-0.1, -0.05) is 38.8 Å². The fourth-order valence-electron chi connectivity index (χ4n) is 2.11. The highest BCUT2D eigenvalue weighted by molar-refractivity contribution is 7.19. The maximum atomic E-state index is 6.29. The van der Waals surface area contributed by atoms with Gasteiger partial charge in [0.15, 0.2) is 7.38 Å². The first kappa shape index (κ1) is 19.6. The molecule has 22 heavy (non-hydrogen) atoms. The van der Waals surface area contributed by atoms with E-state index in [0.29, 0.717) is 0 Å². The normalized spacial score (nSPS) is 12.3. The Morgan fingerprint density at radius 2 is 1.18 bits per heavy atom. The number of halogens is 1. The predicted octanol–water partition coefficient (Wildman–Crippen LogP) is 6.01. The van der Waals surface area contributed by atoms with Crippen LogP contribution in [0.2, 0.25) is 44.8 Å². The fourth-order valence-corrected chi connectivity index (χ4v) is 4.70. The van der Waals surface area contributed by atoms with Crippen LogP contribution in [0.15, 0.2) is 24.3 Å². The molecule has 0 atom stereocenters. The minimum Gasteiger partial charge on any atom is -0.494 e. The summed E-state index contributed by atoms with van der Waals surface area (Å²) >= 11 is 6.29. The van der Waals surface area contributed by atoms with Crippen molar-refractivity contribution in [2.45, 2.75) is 57.7 Å². The van der Waals surface area contributed by atoms with E-state index in [2.05, 4.69) is 32.7 Å². The summed E-state index contributed by atoms with van der Waals surface area (Å²) in [6.45, 7) is 13.1. The zero-order valence-electron chi connectivity index (χ0n) is 14.7. The molecule has 0 saturated heterocycles. The summed E-state index contributed by atoms with van der Waals surface area (Å²) in [5.74, 6) is 1.83. The lowest BCUT2D eigenvalue weighted by molar-refractivity contribution is 0.308. The maximum Gasteiger partial charge on any atom is 0.150 e. The van der Waals surface area contributed by atoms with Gasteiger partial charge in [-0.3, -0.25) is 0 Å². The van der Waals surface area contributed by atoms with Crippen LogP contribution in [0.1, 0.15) is 12.8 Å². The third kappa shape index (κ3) is 10.3. The minimum atomic E-state index is -1.46. The van der Waals surface area contributed by atoms with E-state index in [0.717, 1.165) is 43.6 Å². The second-order valence-corrected chi connectivity index (χ2v) is 20.3. The minimum absolute atomic E-state index is 0.736. The molecule has 0 unspecified atom stereocenters. The van der Waals surface area contributed by atoms with E-state index in [-0.39, 0.29) is 0 Å². The molecular weight excluding hydrogens is 328 g/mol. The van der Waals surface area contributed by atoms with E-state index in [1.54, 1.807) is 0 Å². The van der Waals surface area contributed by atoms with Crippen molar-refractivity contribution >= 4 is 26.5 Å². The summed E-state index contributed by atoms with van der Waals surface area (Å²) in [4.78, 5) is 0. The molecule has 0 aliphatic rings. The van der Waals surface area contributed by atoms with Crippen LogP contribution in [-0.4, -0.2) is 28.7 Å². The van der Waals surface area contributed by atoms with Crippen LogP contribution in [-0.2, 0) is 0 Å². The molecule has 0 bridgehead atoms. The molecule has 126 valence electrons. The first-order valence-corrected chi connectivity index (χ1v) is 16.1.